The lowest BCUT2D eigenvalue weighted by molar-refractivity contribution is 0.252. The van der Waals surface area contributed by atoms with Gasteiger partial charge in [-0.25, -0.2) is 8.42 Å². The fourth-order valence-electron chi connectivity index (χ4n) is 1.65. The van der Waals surface area contributed by atoms with E-state index in [-0.39, 0.29) is 33.8 Å². The Morgan fingerprint density at radius 2 is 2.05 bits per heavy atom. The molecule has 0 fully saturated rings. The maximum atomic E-state index is 12.5. The number of aromatic amines is 1. The van der Waals surface area contributed by atoms with Crippen molar-refractivity contribution in [3.63, 3.8) is 0 Å². The topological polar surface area (TPSA) is 88.0 Å². The van der Waals surface area contributed by atoms with Gasteiger partial charge >= 0.3 is 0 Å². The SMILES string of the molecule is NCc1cc(S(=O)(=O)Nc2ccccc2SC(F)F)c[nH]1. The zero-order chi connectivity index (χ0) is 15.5. The second kappa shape index (κ2) is 6.46. The molecule has 1 heterocycles. The van der Waals surface area contributed by atoms with Gasteiger partial charge in [-0.15, -0.1) is 0 Å². The molecule has 0 unspecified atom stereocenters. The highest BCUT2D eigenvalue weighted by atomic mass is 32.2. The van der Waals surface area contributed by atoms with Crippen LogP contribution >= 0.6 is 11.8 Å². The van der Waals surface area contributed by atoms with Crippen molar-refractivity contribution in [3.05, 3.63) is 42.2 Å². The molecule has 0 amide bonds. The van der Waals surface area contributed by atoms with Gasteiger partial charge in [-0.3, -0.25) is 4.72 Å². The van der Waals surface area contributed by atoms with E-state index >= 15 is 0 Å². The minimum atomic E-state index is -3.86. The number of sulfonamides is 1. The van der Waals surface area contributed by atoms with Crippen LogP contribution in [0.1, 0.15) is 5.69 Å². The molecular formula is C12H13F2N3O2S2. The Hall–Kier alpha value is -1.58. The smallest absolute Gasteiger partial charge is 0.288 e. The molecule has 4 N–H and O–H groups in total. The normalized spacial score (nSPS) is 11.8. The number of rotatable bonds is 6. The van der Waals surface area contributed by atoms with E-state index < -0.39 is 15.8 Å². The zero-order valence-corrected chi connectivity index (χ0v) is 12.3. The highest BCUT2D eigenvalue weighted by Crippen LogP contribution is 2.32. The first kappa shape index (κ1) is 15.8. The zero-order valence-electron chi connectivity index (χ0n) is 10.7. The van der Waals surface area contributed by atoms with Crippen molar-refractivity contribution in [1.29, 1.82) is 0 Å². The average molecular weight is 333 g/mol. The van der Waals surface area contributed by atoms with Gasteiger partial charge < -0.3 is 10.7 Å². The van der Waals surface area contributed by atoms with Crippen LogP contribution < -0.4 is 10.5 Å². The van der Waals surface area contributed by atoms with Gasteiger partial charge in [0.2, 0.25) is 0 Å². The van der Waals surface area contributed by atoms with E-state index in [0.717, 1.165) is 0 Å². The van der Waals surface area contributed by atoms with Gasteiger partial charge in [0.1, 0.15) is 4.90 Å². The molecule has 0 aliphatic heterocycles. The number of benzene rings is 1. The van der Waals surface area contributed by atoms with Crippen molar-refractivity contribution < 1.29 is 17.2 Å². The molecule has 0 saturated heterocycles. The largest absolute Gasteiger partial charge is 0.363 e. The van der Waals surface area contributed by atoms with Gasteiger partial charge in [-0.1, -0.05) is 23.9 Å². The molecule has 0 radical (unpaired) electrons. The van der Waals surface area contributed by atoms with E-state index in [1.54, 1.807) is 12.1 Å². The summed E-state index contributed by atoms with van der Waals surface area (Å²) in [7, 11) is -3.86. The lowest BCUT2D eigenvalue weighted by Crippen LogP contribution is -2.13. The van der Waals surface area contributed by atoms with Crippen LogP contribution in [-0.2, 0) is 16.6 Å². The Balaban J connectivity index is 2.28. The first-order valence-corrected chi connectivity index (χ1v) is 8.22. The van der Waals surface area contributed by atoms with Crippen molar-refractivity contribution >= 4 is 27.5 Å². The molecule has 1 aromatic heterocycles. The molecule has 2 aromatic rings. The van der Waals surface area contributed by atoms with Crippen molar-refractivity contribution in [1.82, 2.24) is 4.98 Å². The quantitative estimate of drug-likeness (QED) is 0.709. The summed E-state index contributed by atoms with van der Waals surface area (Å²) in [5.74, 6) is -2.63. The van der Waals surface area contributed by atoms with Crippen LogP contribution in [0, 0.1) is 0 Å². The van der Waals surface area contributed by atoms with Crippen molar-refractivity contribution in [3.8, 4) is 0 Å². The second-order valence-corrected chi connectivity index (χ2v) is 6.76. The van der Waals surface area contributed by atoms with Crippen LogP contribution in [0.4, 0.5) is 14.5 Å². The van der Waals surface area contributed by atoms with Crippen LogP contribution in [0.2, 0.25) is 0 Å². The van der Waals surface area contributed by atoms with E-state index in [9.17, 15) is 17.2 Å². The average Bonchev–Trinajstić information content (AvgIpc) is 2.90. The summed E-state index contributed by atoms with van der Waals surface area (Å²) in [5, 5.41) is 0. The number of halogens is 2. The Kier molecular flexibility index (Phi) is 4.86. The Morgan fingerprint density at radius 3 is 2.67 bits per heavy atom. The molecule has 5 nitrogen and oxygen atoms in total. The lowest BCUT2D eigenvalue weighted by Gasteiger charge is -2.11. The highest BCUT2D eigenvalue weighted by Gasteiger charge is 2.18. The standard InChI is InChI=1S/C12H13F2N3O2S2/c13-12(14)20-11-4-2-1-3-10(11)17-21(18,19)9-5-8(6-15)16-7-9/h1-5,7,12,16-17H,6,15H2. The third-order valence-corrected chi connectivity index (χ3v) is 4.73. The van der Waals surface area contributed by atoms with E-state index in [2.05, 4.69) is 9.71 Å². The molecule has 0 aliphatic rings. The number of nitrogens with one attached hydrogen (secondary N) is 2. The molecule has 1 aromatic carbocycles. The first-order valence-electron chi connectivity index (χ1n) is 5.86. The minimum Gasteiger partial charge on any atom is -0.363 e. The summed E-state index contributed by atoms with van der Waals surface area (Å²) in [5.41, 5.74) is 6.08. The molecule has 0 spiro atoms. The molecule has 114 valence electrons. The van der Waals surface area contributed by atoms with E-state index in [0.29, 0.717) is 5.69 Å². The molecule has 0 saturated carbocycles. The third-order valence-electron chi connectivity index (χ3n) is 2.59. The molecule has 21 heavy (non-hydrogen) atoms. The van der Waals surface area contributed by atoms with E-state index in [1.165, 1.54) is 24.4 Å². The number of thioether (sulfide) groups is 1. The summed E-state index contributed by atoms with van der Waals surface area (Å²) >= 11 is 0.283. The Morgan fingerprint density at radius 1 is 1.33 bits per heavy atom. The van der Waals surface area contributed by atoms with Gasteiger partial charge in [0.25, 0.3) is 15.8 Å². The van der Waals surface area contributed by atoms with Crippen LogP contribution in [0.15, 0.2) is 46.3 Å². The third kappa shape index (κ3) is 3.96. The van der Waals surface area contributed by atoms with Crippen LogP contribution in [0.3, 0.4) is 0 Å². The van der Waals surface area contributed by atoms with Gasteiger partial charge in [0, 0.05) is 23.3 Å². The first-order chi connectivity index (χ1) is 9.92. The maximum Gasteiger partial charge on any atom is 0.288 e. The number of para-hydroxylation sites is 1. The molecule has 2 rings (SSSR count). The minimum absolute atomic E-state index is 0.000185. The van der Waals surface area contributed by atoms with E-state index in [4.69, 9.17) is 5.73 Å². The number of nitrogens with two attached hydrogens (primary N) is 1. The number of H-pyrrole nitrogens is 1. The highest BCUT2D eigenvalue weighted by molar-refractivity contribution is 7.99. The summed E-state index contributed by atoms with van der Waals surface area (Å²) < 4.78 is 51.6. The summed E-state index contributed by atoms with van der Waals surface area (Å²) in [4.78, 5) is 2.88. The van der Waals surface area contributed by atoms with Gasteiger partial charge in [-0.2, -0.15) is 8.78 Å². The van der Waals surface area contributed by atoms with Crippen molar-refractivity contribution in [2.45, 2.75) is 22.1 Å². The predicted octanol–water partition coefficient (Wildman–Crippen LogP) is 2.59. The molecular weight excluding hydrogens is 320 g/mol. The number of anilines is 1. The van der Waals surface area contributed by atoms with Crippen molar-refractivity contribution in [2.24, 2.45) is 5.73 Å². The fraction of sp³-hybridized carbons (Fsp3) is 0.167. The summed E-state index contributed by atoms with van der Waals surface area (Å²) in [6.07, 6.45) is 1.30. The number of aromatic nitrogens is 1. The molecule has 0 bridgehead atoms. The summed E-state index contributed by atoms with van der Waals surface area (Å²) in [6.45, 7) is 0.174. The lowest BCUT2D eigenvalue weighted by atomic mass is 10.3. The number of hydrogen-bond acceptors (Lipinski definition) is 4. The summed E-state index contributed by atoms with van der Waals surface area (Å²) in [6, 6.07) is 7.38. The fourth-order valence-corrected chi connectivity index (χ4v) is 3.40. The van der Waals surface area contributed by atoms with Gasteiger partial charge in [0.05, 0.1) is 5.69 Å². The van der Waals surface area contributed by atoms with E-state index in [1.807, 2.05) is 0 Å². The van der Waals surface area contributed by atoms with Gasteiger partial charge in [0.15, 0.2) is 0 Å². The number of hydrogen-bond donors (Lipinski definition) is 3. The molecule has 0 atom stereocenters. The predicted molar refractivity (Wildman–Crippen MR) is 77.8 cm³/mol. The second-order valence-electron chi connectivity index (χ2n) is 4.04. The Labute approximate surface area is 125 Å². The maximum absolute atomic E-state index is 12.5. The van der Waals surface area contributed by atoms with Crippen LogP contribution in [-0.4, -0.2) is 19.2 Å². The van der Waals surface area contributed by atoms with Crippen LogP contribution in [0.25, 0.3) is 0 Å². The monoisotopic (exact) mass is 333 g/mol. The molecule has 0 aliphatic carbocycles. The van der Waals surface area contributed by atoms with Crippen molar-refractivity contribution in [2.75, 3.05) is 4.72 Å². The van der Waals surface area contributed by atoms with Crippen LogP contribution in [0.5, 0.6) is 0 Å². The Bertz CT molecular complexity index is 717. The van der Waals surface area contributed by atoms with Gasteiger partial charge in [-0.05, 0) is 18.2 Å². The number of alkyl halides is 2. The molecule has 9 heteroatoms.